The van der Waals surface area contributed by atoms with Crippen LogP contribution in [0.15, 0.2) is 29.3 Å². The Morgan fingerprint density at radius 3 is 3.00 bits per heavy atom. The molecule has 3 nitrogen and oxygen atoms in total. The molecule has 0 radical (unpaired) electrons. The van der Waals surface area contributed by atoms with E-state index in [0.717, 1.165) is 32.1 Å². The monoisotopic (exact) mass is 230 g/mol. The third-order valence-electron chi connectivity index (χ3n) is 3.51. The lowest BCUT2D eigenvalue weighted by atomic mass is 9.88. The van der Waals surface area contributed by atoms with E-state index >= 15 is 0 Å². The highest BCUT2D eigenvalue weighted by molar-refractivity contribution is 5.96. The minimum Gasteiger partial charge on any atom is -0.476 e. The predicted octanol–water partition coefficient (Wildman–Crippen LogP) is 1.93. The lowest BCUT2D eigenvalue weighted by Gasteiger charge is -2.25. The number of hydrogen-bond acceptors (Lipinski definition) is 3. The topological polar surface area (TPSA) is 33.6 Å². The van der Waals surface area contributed by atoms with Gasteiger partial charge in [0.2, 0.25) is 5.90 Å². The molecule has 1 N–H and O–H groups in total. The SMILES string of the molecule is c1ccc(C2CCCNC2)c(C2=NCCO2)c1. The molecule has 1 atom stereocenters. The number of nitrogens with one attached hydrogen (secondary N) is 1. The molecule has 3 rings (SSSR count). The maximum atomic E-state index is 5.60. The molecule has 0 aromatic heterocycles. The van der Waals surface area contributed by atoms with Crippen molar-refractivity contribution < 1.29 is 4.74 Å². The summed E-state index contributed by atoms with van der Waals surface area (Å²) in [4.78, 5) is 4.44. The van der Waals surface area contributed by atoms with E-state index in [0.29, 0.717) is 5.92 Å². The smallest absolute Gasteiger partial charge is 0.216 e. The summed E-state index contributed by atoms with van der Waals surface area (Å²) in [7, 11) is 0. The van der Waals surface area contributed by atoms with Crippen LogP contribution in [0.1, 0.15) is 29.9 Å². The van der Waals surface area contributed by atoms with Gasteiger partial charge in [-0.3, -0.25) is 0 Å². The second kappa shape index (κ2) is 4.88. The average molecular weight is 230 g/mol. The van der Waals surface area contributed by atoms with Crippen LogP contribution in [0.5, 0.6) is 0 Å². The molecule has 1 aromatic rings. The number of hydrogen-bond donors (Lipinski definition) is 1. The lowest BCUT2D eigenvalue weighted by Crippen LogP contribution is -2.29. The summed E-state index contributed by atoms with van der Waals surface area (Å²) in [5, 5.41) is 3.47. The summed E-state index contributed by atoms with van der Waals surface area (Å²) in [5.41, 5.74) is 2.58. The number of ether oxygens (including phenoxy) is 1. The van der Waals surface area contributed by atoms with Crippen LogP contribution < -0.4 is 5.32 Å². The van der Waals surface area contributed by atoms with Crippen LogP contribution in [0.4, 0.5) is 0 Å². The maximum Gasteiger partial charge on any atom is 0.216 e. The van der Waals surface area contributed by atoms with Crippen molar-refractivity contribution in [3.8, 4) is 0 Å². The van der Waals surface area contributed by atoms with E-state index < -0.39 is 0 Å². The van der Waals surface area contributed by atoms with Gasteiger partial charge in [-0.25, -0.2) is 4.99 Å². The first-order valence-corrected chi connectivity index (χ1v) is 6.42. The molecule has 2 heterocycles. The molecule has 0 amide bonds. The van der Waals surface area contributed by atoms with Crippen LogP contribution in [0.3, 0.4) is 0 Å². The van der Waals surface area contributed by atoms with Crippen molar-refractivity contribution in [2.45, 2.75) is 18.8 Å². The summed E-state index contributed by atoms with van der Waals surface area (Å²) in [6.45, 7) is 3.75. The Hall–Kier alpha value is -1.35. The second-order valence-electron chi connectivity index (χ2n) is 4.67. The second-order valence-corrected chi connectivity index (χ2v) is 4.67. The summed E-state index contributed by atoms with van der Waals surface area (Å²) >= 11 is 0. The first-order valence-electron chi connectivity index (χ1n) is 6.42. The van der Waals surface area contributed by atoms with Gasteiger partial charge in [0.15, 0.2) is 0 Å². The van der Waals surface area contributed by atoms with Gasteiger partial charge in [-0.05, 0) is 36.9 Å². The van der Waals surface area contributed by atoms with E-state index in [1.54, 1.807) is 0 Å². The molecule has 0 bridgehead atoms. The molecule has 17 heavy (non-hydrogen) atoms. The van der Waals surface area contributed by atoms with Gasteiger partial charge in [-0.2, -0.15) is 0 Å². The van der Waals surface area contributed by atoms with E-state index in [4.69, 9.17) is 4.74 Å². The fraction of sp³-hybridized carbons (Fsp3) is 0.500. The zero-order valence-electron chi connectivity index (χ0n) is 9.98. The largest absolute Gasteiger partial charge is 0.476 e. The molecule has 0 aliphatic carbocycles. The highest BCUT2D eigenvalue weighted by Gasteiger charge is 2.21. The fourth-order valence-electron chi connectivity index (χ4n) is 2.66. The Labute approximate surface area is 102 Å². The molecule has 3 heteroatoms. The Morgan fingerprint density at radius 2 is 2.24 bits per heavy atom. The van der Waals surface area contributed by atoms with Crippen molar-refractivity contribution in [3.05, 3.63) is 35.4 Å². The maximum absolute atomic E-state index is 5.60. The quantitative estimate of drug-likeness (QED) is 0.842. The summed E-state index contributed by atoms with van der Waals surface area (Å²) in [6, 6.07) is 8.54. The molecule has 1 aromatic carbocycles. The number of rotatable bonds is 2. The van der Waals surface area contributed by atoms with E-state index in [1.807, 2.05) is 0 Å². The minimum atomic E-state index is 0.604. The van der Waals surface area contributed by atoms with Crippen molar-refractivity contribution in [1.29, 1.82) is 0 Å². The Kier molecular flexibility index (Phi) is 3.10. The van der Waals surface area contributed by atoms with Gasteiger partial charge in [-0.15, -0.1) is 0 Å². The van der Waals surface area contributed by atoms with Crippen LogP contribution >= 0.6 is 0 Å². The van der Waals surface area contributed by atoms with Crippen LogP contribution in [-0.4, -0.2) is 32.1 Å². The lowest BCUT2D eigenvalue weighted by molar-refractivity contribution is 0.347. The van der Waals surface area contributed by atoms with Gasteiger partial charge in [0, 0.05) is 12.1 Å². The number of piperidine rings is 1. The molecule has 1 fully saturated rings. The Morgan fingerprint density at radius 1 is 1.29 bits per heavy atom. The standard InChI is InChI=1S/C14H18N2O/c1-2-6-13(14-16-8-9-17-14)12(5-1)11-4-3-7-15-10-11/h1-2,5-6,11,15H,3-4,7-10H2. The van der Waals surface area contributed by atoms with Crippen LogP contribution in [0.2, 0.25) is 0 Å². The van der Waals surface area contributed by atoms with E-state index in [2.05, 4.69) is 34.6 Å². The molecule has 1 saturated heterocycles. The first-order chi connectivity index (χ1) is 8.45. The molecule has 0 spiro atoms. The van der Waals surface area contributed by atoms with E-state index in [9.17, 15) is 0 Å². The van der Waals surface area contributed by atoms with Crippen molar-refractivity contribution >= 4 is 5.90 Å². The van der Waals surface area contributed by atoms with Crippen molar-refractivity contribution in [1.82, 2.24) is 5.32 Å². The summed E-state index contributed by atoms with van der Waals surface area (Å²) < 4.78 is 5.60. The summed E-state index contributed by atoms with van der Waals surface area (Å²) in [5.74, 6) is 1.44. The molecule has 0 saturated carbocycles. The van der Waals surface area contributed by atoms with Crippen molar-refractivity contribution in [3.63, 3.8) is 0 Å². The molecular weight excluding hydrogens is 212 g/mol. The molecule has 2 aliphatic rings. The van der Waals surface area contributed by atoms with Crippen molar-refractivity contribution in [2.24, 2.45) is 4.99 Å². The fourth-order valence-corrected chi connectivity index (χ4v) is 2.66. The van der Waals surface area contributed by atoms with Gasteiger partial charge in [0.1, 0.15) is 6.61 Å². The summed E-state index contributed by atoms with van der Waals surface area (Å²) in [6.07, 6.45) is 2.52. The Balaban J connectivity index is 1.92. The van der Waals surface area contributed by atoms with Gasteiger partial charge >= 0.3 is 0 Å². The normalized spacial score (nSPS) is 24.2. The highest BCUT2D eigenvalue weighted by Crippen LogP contribution is 2.27. The van der Waals surface area contributed by atoms with E-state index in [-0.39, 0.29) is 0 Å². The predicted molar refractivity (Wildman–Crippen MR) is 68.6 cm³/mol. The third-order valence-corrected chi connectivity index (χ3v) is 3.51. The van der Waals surface area contributed by atoms with Crippen molar-refractivity contribution in [2.75, 3.05) is 26.2 Å². The van der Waals surface area contributed by atoms with Gasteiger partial charge in [0.05, 0.1) is 6.54 Å². The Bertz CT molecular complexity index is 422. The molecular formula is C14H18N2O. The van der Waals surface area contributed by atoms with Crippen LogP contribution in [-0.2, 0) is 4.74 Å². The molecule has 90 valence electrons. The highest BCUT2D eigenvalue weighted by atomic mass is 16.5. The minimum absolute atomic E-state index is 0.604. The average Bonchev–Trinajstić information content (AvgIpc) is 2.94. The molecule has 2 aliphatic heterocycles. The van der Waals surface area contributed by atoms with Crippen LogP contribution in [0, 0.1) is 0 Å². The number of aliphatic imine (C=N–C) groups is 1. The van der Waals surface area contributed by atoms with Crippen LogP contribution in [0.25, 0.3) is 0 Å². The van der Waals surface area contributed by atoms with Gasteiger partial charge in [0.25, 0.3) is 0 Å². The van der Waals surface area contributed by atoms with E-state index in [1.165, 1.54) is 24.0 Å². The van der Waals surface area contributed by atoms with Gasteiger partial charge in [-0.1, -0.05) is 18.2 Å². The third kappa shape index (κ3) is 2.20. The van der Waals surface area contributed by atoms with Gasteiger partial charge < -0.3 is 10.1 Å². The number of benzene rings is 1. The zero-order valence-corrected chi connectivity index (χ0v) is 9.98. The number of nitrogens with zero attached hydrogens (tertiary/aromatic N) is 1. The zero-order chi connectivity index (χ0) is 11.5. The first kappa shape index (κ1) is 10.8. The molecule has 1 unspecified atom stereocenters.